The lowest BCUT2D eigenvalue weighted by Crippen LogP contribution is -2.32. The Morgan fingerprint density at radius 2 is 1.38 bits per heavy atom. The molecule has 0 unspecified atom stereocenters. The molecule has 5 nitrogen and oxygen atoms in total. The molecule has 0 spiro atoms. The fraction of sp³-hybridized carbons (Fsp3) is 0.296. The van der Waals surface area contributed by atoms with E-state index in [2.05, 4.69) is 23.8 Å². The van der Waals surface area contributed by atoms with E-state index in [0.29, 0.717) is 12.0 Å². The molecule has 34 heavy (non-hydrogen) atoms. The lowest BCUT2D eigenvalue weighted by Gasteiger charge is -2.08. The summed E-state index contributed by atoms with van der Waals surface area (Å²) in [7, 11) is -3.60. The molecule has 0 aliphatic heterocycles. The molecule has 0 aromatic heterocycles. The summed E-state index contributed by atoms with van der Waals surface area (Å²) in [6.45, 7) is 2.07. The Hall–Kier alpha value is -2.77. The maximum Gasteiger partial charge on any atom is 0.264 e. The SMILES string of the molecule is CCCCCCS(=O)(=O)NC(=O)c1ccc(CSCc2ccc(Oc3ccccc3)cc2)cc1. The number of unbranched alkanes of at least 4 members (excludes halogenated alkanes) is 3. The zero-order valence-electron chi connectivity index (χ0n) is 19.4. The van der Waals surface area contributed by atoms with Gasteiger partial charge in [0.15, 0.2) is 0 Å². The van der Waals surface area contributed by atoms with Crippen molar-refractivity contribution in [1.29, 1.82) is 0 Å². The van der Waals surface area contributed by atoms with Crippen LogP contribution in [0.1, 0.15) is 54.1 Å². The number of benzene rings is 3. The fourth-order valence-corrected chi connectivity index (χ4v) is 5.33. The van der Waals surface area contributed by atoms with Gasteiger partial charge in [-0.3, -0.25) is 4.79 Å². The van der Waals surface area contributed by atoms with Crippen LogP contribution < -0.4 is 9.46 Å². The molecule has 3 aromatic carbocycles. The van der Waals surface area contributed by atoms with Gasteiger partial charge < -0.3 is 4.74 Å². The molecular formula is C27H31NO4S2. The Balaban J connectivity index is 1.42. The second kappa shape index (κ2) is 13.2. The van der Waals surface area contributed by atoms with Gasteiger partial charge in [-0.25, -0.2) is 13.1 Å². The molecule has 0 fully saturated rings. The maximum absolute atomic E-state index is 12.3. The average molecular weight is 498 g/mol. The number of para-hydroxylation sites is 1. The number of nitrogens with one attached hydrogen (secondary N) is 1. The highest BCUT2D eigenvalue weighted by atomic mass is 32.2. The minimum absolute atomic E-state index is 0.0210. The first-order valence-electron chi connectivity index (χ1n) is 11.5. The van der Waals surface area contributed by atoms with Gasteiger partial charge in [0.2, 0.25) is 10.0 Å². The minimum Gasteiger partial charge on any atom is -0.457 e. The highest BCUT2D eigenvalue weighted by Crippen LogP contribution is 2.24. The number of amides is 1. The molecule has 0 aliphatic carbocycles. The molecule has 0 radical (unpaired) electrons. The largest absolute Gasteiger partial charge is 0.457 e. The summed E-state index contributed by atoms with van der Waals surface area (Å²) < 4.78 is 32.2. The summed E-state index contributed by atoms with van der Waals surface area (Å²) >= 11 is 1.77. The van der Waals surface area contributed by atoms with Crippen LogP contribution >= 0.6 is 11.8 Å². The second-order valence-corrected chi connectivity index (χ2v) is 10.9. The van der Waals surface area contributed by atoms with Crippen molar-refractivity contribution >= 4 is 27.7 Å². The van der Waals surface area contributed by atoms with Gasteiger partial charge in [0.25, 0.3) is 5.91 Å². The van der Waals surface area contributed by atoms with E-state index in [4.69, 9.17) is 4.74 Å². The van der Waals surface area contributed by atoms with Crippen LogP contribution in [-0.4, -0.2) is 20.1 Å². The van der Waals surface area contributed by atoms with Crippen LogP contribution in [0.25, 0.3) is 0 Å². The zero-order valence-corrected chi connectivity index (χ0v) is 21.0. The summed E-state index contributed by atoms with van der Waals surface area (Å²) in [5, 5.41) is 0. The van der Waals surface area contributed by atoms with Crippen molar-refractivity contribution in [2.45, 2.75) is 44.1 Å². The molecule has 0 bridgehead atoms. The van der Waals surface area contributed by atoms with Gasteiger partial charge in [-0.05, 0) is 53.9 Å². The van der Waals surface area contributed by atoms with Gasteiger partial charge in [0.1, 0.15) is 11.5 Å². The topological polar surface area (TPSA) is 72.5 Å². The number of carbonyl (C=O) groups excluding carboxylic acids is 1. The number of carbonyl (C=O) groups is 1. The number of thioether (sulfide) groups is 1. The van der Waals surface area contributed by atoms with Crippen molar-refractivity contribution in [3.05, 3.63) is 95.6 Å². The Kier molecular flexibility index (Phi) is 10.0. The summed E-state index contributed by atoms with van der Waals surface area (Å²) in [5.74, 6) is 2.66. The van der Waals surface area contributed by atoms with Gasteiger partial charge in [-0.15, -0.1) is 0 Å². The molecule has 0 saturated carbocycles. The van der Waals surface area contributed by atoms with E-state index in [-0.39, 0.29) is 5.75 Å². The number of hydrogen-bond acceptors (Lipinski definition) is 5. The molecule has 180 valence electrons. The van der Waals surface area contributed by atoms with Crippen LogP contribution in [0.15, 0.2) is 78.9 Å². The number of sulfonamides is 1. The zero-order chi connectivity index (χ0) is 24.2. The summed E-state index contributed by atoms with van der Waals surface area (Å²) in [6.07, 6.45) is 3.45. The quantitative estimate of drug-likeness (QED) is 0.271. The van der Waals surface area contributed by atoms with E-state index >= 15 is 0 Å². The third kappa shape index (κ3) is 8.88. The third-order valence-electron chi connectivity index (χ3n) is 5.17. The molecule has 0 saturated heterocycles. The second-order valence-electron chi connectivity index (χ2n) is 8.06. The van der Waals surface area contributed by atoms with Crippen LogP contribution in [0.2, 0.25) is 0 Å². The first kappa shape index (κ1) is 25.8. The number of hydrogen-bond donors (Lipinski definition) is 1. The molecule has 1 amide bonds. The first-order chi connectivity index (χ1) is 16.4. The van der Waals surface area contributed by atoms with Crippen LogP contribution in [-0.2, 0) is 21.5 Å². The maximum atomic E-state index is 12.3. The molecule has 3 aromatic rings. The molecule has 3 rings (SSSR count). The van der Waals surface area contributed by atoms with Crippen molar-refractivity contribution in [3.8, 4) is 11.5 Å². The minimum atomic E-state index is -3.60. The number of ether oxygens (including phenoxy) is 1. The van der Waals surface area contributed by atoms with E-state index in [1.165, 1.54) is 5.56 Å². The Morgan fingerprint density at radius 3 is 2.00 bits per heavy atom. The van der Waals surface area contributed by atoms with Crippen LogP contribution in [0, 0.1) is 0 Å². The molecule has 7 heteroatoms. The summed E-state index contributed by atoms with van der Waals surface area (Å²) in [5.41, 5.74) is 2.62. The van der Waals surface area contributed by atoms with Gasteiger partial charge >= 0.3 is 0 Å². The highest BCUT2D eigenvalue weighted by molar-refractivity contribution is 7.97. The monoisotopic (exact) mass is 497 g/mol. The predicted molar refractivity (Wildman–Crippen MR) is 140 cm³/mol. The summed E-state index contributed by atoms with van der Waals surface area (Å²) in [4.78, 5) is 12.3. The molecule has 0 atom stereocenters. The van der Waals surface area contributed by atoms with Gasteiger partial charge in [-0.2, -0.15) is 11.8 Å². The third-order valence-corrected chi connectivity index (χ3v) is 7.57. The Bertz CT molecular complexity index is 1130. The van der Waals surface area contributed by atoms with Crippen molar-refractivity contribution < 1.29 is 17.9 Å². The van der Waals surface area contributed by atoms with Crippen LogP contribution in [0.3, 0.4) is 0 Å². The van der Waals surface area contributed by atoms with E-state index in [9.17, 15) is 13.2 Å². The standard InChI is InChI=1S/C27H31NO4S2/c1-2-3-4-8-19-34(30,31)28-27(29)24-15-11-22(12-16-24)20-33-21-23-13-17-26(18-14-23)32-25-9-6-5-7-10-25/h5-7,9-18H,2-4,8,19-21H2,1H3,(H,28,29). The Labute approximate surface area is 207 Å². The molecule has 1 N–H and O–H groups in total. The molecule has 0 heterocycles. The smallest absolute Gasteiger partial charge is 0.264 e. The predicted octanol–water partition coefficient (Wildman–Crippen LogP) is 6.55. The first-order valence-corrected chi connectivity index (χ1v) is 14.3. The van der Waals surface area contributed by atoms with Gasteiger partial charge in [0.05, 0.1) is 5.75 Å². The van der Waals surface area contributed by atoms with E-state index in [1.54, 1.807) is 23.9 Å². The van der Waals surface area contributed by atoms with Gasteiger partial charge in [0, 0.05) is 17.1 Å². The summed E-state index contributed by atoms with van der Waals surface area (Å²) in [6, 6.07) is 24.8. The fourth-order valence-electron chi connectivity index (χ4n) is 3.29. The van der Waals surface area contributed by atoms with E-state index < -0.39 is 15.9 Å². The van der Waals surface area contributed by atoms with Crippen LogP contribution in [0.4, 0.5) is 0 Å². The van der Waals surface area contributed by atoms with E-state index in [1.807, 2.05) is 54.6 Å². The van der Waals surface area contributed by atoms with Crippen molar-refractivity contribution in [2.75, 3.05) is 5.75 Å². The molecule has 0 aliphatic rings. The lowest BCUT2D eigenvalue weighted by molar-refractivity contribution is 0.0981. The van der Waals surface area contributed by atoms with Crippen molar-refractivity contribution in [2.24, 2.45) is 0 Å². The molecular weight excluding hydrogens is 466 g/mol. The van der Waals surface area contributed by atoms with Crippen LogP contribution in [0.5, 0.6) is 11.5 Å². The average Bonchev–Trinajstić information content (AvgIpc) is 2.84. The van der Waals surface area contributed by atoms with Crippen molar-refractivity contribution in [3.63, 3.8) is 0 Å². The Morgan fingerprint density at radius 1 is 0.794 bits per heavy atom. The highest BCUT2D eigenvalue weighted by Gasteiger charge is 2.15. The van der Waals surface area contributed by atoms with Crippen molar-refractivity contribution in [1.82, 2.24) is 4.72 Å². The number of rotatable bonds is 13. The van der Waals surface area contributed by atoms with E-state index in [0.717, 1.165) is 47.8 Å². The normalized spacial score (nSPS) is 11.2. The lowest BCUT2D eigenvalue weighted by atomic mass is 10.1. The van der Waals surface area contributed by atoms with Gasteiger partial charge in [-0.1, -0.05) is 68.7 Å².